The zero-order valence-corrected chi connectivity index (χ0v) is 12.4. The van der Waals surface area contributed by atoms with Gasteiger partial charge in [-0.1, -0.05) is 0 Å². The molecule has 0 radical (unpaired) electrons. The van der Waals surface area contributed by atoms with E-state index in [4.69, 9.17) is 0 Å². The van der Waals surface area contributed by atoms with Crippen LogP contribution in [0.25, 0.3) is 5.78 Å². The van der Waals surface area contributed by atoms with Gasteiger partial charge in [0.25, 0.3) is 11.7 Å². The molecule has 1 fully saturated rings. The van der Waals surface area contributed by atoms with Crippen molar-refractivity contribution >= 4 is 11.7 Å². The Morgan fingerprint density at radius 2 is 2.19 bits per heavy atom. The summed E-state index contributed by atoms with van der Waals surface area (Å²) in [6.07, 6.45) is 0.413. The van der Waals surface area contributed by atoms with E-state index in [0.717, 1.165) is 17.8 Å². The van der Waals surface area contributed by atoms with Crippen molar-refractivity contribution in [3.05, 3.63) is 23.3 Å². The third-order valence-electron chi connectivity index (χ3n) is 4.00. The van der Waals surface area contributed by atoms with E-state index in [1.165, 1.54) is 0 Å². The molecule has 0 aliphatic carbocycles. The molecule has 1 aliphatic heterocycles. The smallest absolute Gasteiger partial charge is 0.293 e. The lowest BCUT2D eigenvalue weighted by Crippen LogP contribution is -2.31. The van der Waals surface area contributed by atoms with Crippen LogP contribution in [0.5, 0.6) is 0 Å². The summed E-state index contributed by atoms with van der Waals surface area (Å²) in [7, 11) is 0. The molecule has 112 valence electrons. The Balaban J connectivity index is 1.87. The number of aromatic nitrogens is 4. The number of aliphatic hydroxyl groups excluding tert-OH is 1. The number of carbonyl (C=O) groups is 1. The summed E-state index contributed by atoms with van der Waals surface area (Å²) in [5.74, 6) is 0.554. The number of amides is 1. The summed E-state index contributed by atoms with van der Waals surface area (Å²) in [5, 5.41) is 13.9. The summed E-state index contributed by atoms with van der Waals surface area (Å²) in [5.41, 5.74) is 1.74. The minimum atomic E-state index is -0.400. The number of carbonyl (C=O) groups excluding carboxylic acids is 1. The number of aryl methyl sites for hydroxylation is 2. The molecular weight excluding hydrogens is 270 g/mol. The van der Waals surface area contributed by atoms with Gasteiger partial charge >= 0.3 is 0 Å². The highest BCUT2D eigenvalue weighted by molar-refractivity contribution is 5.91. The van der Waals surface area contributed by atoms with E-state index >= 15 is 0 Å². The van der Waals surface area contributed by atoms with Crippen LogP contribution in [0.2, 0.25) is 0 Å². The lowest BCUT2D eigenvalue weighted by molar-refractivity contribution is 0.0751. The summed E-state index contributed by atoms with van der Waals surface area (Å²) < 4.78 is 1.59. The molecule has 1 amide bonds. The van der Waals surface area contributed by atoms with E-state index in [-0.39, 0.29) is 17.6 Å². The molecule has 0 aromatic carbocycles. The maximum atomic E-state index is 12.5. The van der Waals surface area contributed by atoms with Crippen molar-refractivity contribution in [2.24, 2.45) is 5.92 Å². The van der Waals surface area contributed by atoms with Gasteiger partial charge in [-0.15, -0.1) is 5.10 Å². The predicted molar refractivity (Wildman–Crippen MR) is 75.9 cm³/mol. The molecule has 0 saturated carbocycles. The molecule has 0 bridgehead atoms. The van der Waals surface area contributed by atoms with Crippen LogP contribution in [0.4, 0.5) is 0 Å². The van der Waals surface area contributed by atoms with Crippen LogP contribution in [0.3, 0.4) is 0 Å². The molecule has 2 atom stereocenters. The first-order chi connectivity index (χ1) is 9.95. The van der Waals surface area contributed by atoms with Crippen LogP contribution in [0.15, 0.2) is 6.07 Å². The first-order valence-electron chi connectivity index (χ1n) is 7.14. The topological polar surface area (TPSA) is 83.6 Å². The van der Waals surface area contributed by atoms with E-state index in [2.05, 4.69) is 15.1 Å². The van der Waals surface area contributed by atoms with Gasteiger partial charge in [0.1, 0.15) is 0 Å². The minimum absolute atomic E-state index is 0.132. The van der Waals surface area contributed by atoms with Gasteiger partial charge in [-0.2, -0.15) is 4.98 Å². The second-order valence-electron chi connectivity index (χ2n) is 5.73. The van der Waals surface area contributed by atoms with Crippen molar-refractivity contribution in [2.75, 3.05) is 13.1 Å². The Hall–Kier alpha value is -2.02. The van der Waals surface area contributed by atoms with Gasteiger partial charge in [0, 0.05) is 30.4 Å². The maximum absolute atomic E-state index is 12.5. The molecule has 21 heavy (non-hydrogen) atoms. The quantitative estimate of drug-likeness (QED) is 0.874. The van der Waals surface area contributed by atoms with Crippen molar-refractivity contribution in [3.8, 4) is 0 Å². The van der Waals surface area contributed by atoms with Gasteiger partial charge < -0.3 is 10.0 Å². The van der Waals surface area contributed by atoms with Crippen molar-refractivity contribution in [1.82, 2.24) is 24.5 Å². The zero-order chi connectivity index (χ0) is 15.1. The zero-order valence-electron chi connectivity index (χ0n) is 12.4. The first kappa shape index (κ1) is 13.9. The number of hydrogen-bond donors (Lipinski definition) is 1. The van der Waals surface area contributed by atoms with E-state index in [0.29, 0.717) is 18.9 Å². The van der Waals surface area contributed by atoms with E-state index in [1.807, 2.05) is 19.9 Å². The van der Waals surface area contributed by atoms with Gasteiger partial charge in [-0.3, -0.25) is 4.79 Å². The SMILES string of the molecule is Cc1cc(C)n2nc(C(=O)N3CCC(C(C)O)C3)nc2n1. The molecule has 2 unspecified atom stereocenters. The third kappa shape index (κ3) is 2.49. The Labute approximate surface area is 122 Å². The minimum Gasteiger partial charge on any atom is -0.393 e. The Morgan fingerprint density at radius 3 is 2.86 bits per heavy atom. The van der Waals surface area contributed by atoms with Crippen LogP contribution in [-0.4, -0.2) is 54.7 Å². The average Bonchev–Trinajstić information content (AvgIpc) is 3.04. The molecule has 7 nitrogen and oxygen atoms in total. The normalized spacial score (nSPS) is 20.2. The van der Waals surface area contributed by atoms with E-state index in [9.17, 15) is 9.90 Å². The molecule has 0 spiro atoms. The van der Waals surface area contributed by atoms with Crippen molar-refractivity contribution in [3.63, 3.8) is 0 Å². The third-order valence-corrected chi connectivity index (χ3v) is 4.00. The molecule has 7 heteroatoms. The number of aliphatic hydroxyl groups is 1. The average molecular weight is 289 g/mol. The summed E-state index contributed by atoms with van der Waals surface area (Å²) in [4.78, 5) is 22.7. The molecule has 3 rings (SSSR count). The van der Waals surface area contributed by atoms with E-state index in [1.54, 1.807) is 16.3 Å². The molecule has 2 aromatic rings. The van der Waals surface area contributed by atoms with Crippen LogP contribution < -0.4 is 0 Å². The molecule has 2 aromatic heterocycles. The van der Waals surface area contributed by atoms with Gasteiger partial charge in [0.05, 0.1) is 6.10 Å². The summed E-state index contributed by atoms with van der Waals surface area (Å²) in [6.45, 7) is 6.74. The number of nitrogens with zero attached hydrogens (tertiary/aromatic N) is 5. The molecular formula is C14H19N5O2. The van der Waals surface area contributed by atoms with Crippen molar-refractivity contribution < 1.29 is 9.90 Å². The molecule has 1 saturated heterocycles. The van der Waals surface area contributed by atoms with Crippen molar-refractivity contribution in [1.29, 1.82) is 0 Å². The highest BCUT2D eigenvalue weighted by Gasteiger charge is 2.31. The van der Waals surface area contributed by atoms with Crippen molar-refractivity contribution in [2.45, 2.75) is 33.3 Å². The Morgan fingerprint density at radius 1 is 1.43 bits per heavy atom. The van der Waals surface area contributed by atoms with Crippen LogP contribution in [0.1, 0.15) is 35.4 Å². The lowest BCUT2D eigenvalue weighted by atomic mass is 10.0. The van der Waals surface area contributed by atoms with Gasteiger partial charge in [-0.05, 0) is 33.3 Å². The summed E-state index contributed by atoms with van der Waals surface area (Å²) in [6, 6.07) is 1.90. The molecule has 3 heterocycles. The second kappa shape index (κ2) is 5.07. The number of hydrogen-bond acceptors (Lipinski definition) is 5. The number of likely N-dealkylation sites (tertiary alicyclic amines) is 1. The lowest BCUT2D eigenvalue weighted by Gasteiger charge is -2.15. The monoisotopic (exact) mass is 289 g/mol. The van der Waals surface area contributed by atoms with E-state index < -0.39 is 6.10 Å². The van der Waals surface area contributed by atoms with Crippen LogP contribution in [-0.2, 0) is 0 Å². The standard InChI is InChI=1S/C14H19N5O2/c1-8-6-9(2)19-14(15-8)16-12(17-19)13(21)18-5-4-11(7-18)10(3)20/h6,10-11,20H,4-5,7H2,1-3H3. The Kier molecular flexibility index (Phi) is 3.36. The summed E-state index contributed by atoms with van der Waals surface area (Å²) >= 11 is 0. The van der Waals surface area contributed by atoms with Gasteiger partial charge in [0.15, 0.2) is 0 Å². The molecule has 1 aliphatic rings. The Bertz CT molecular complexity index is 694. The van der Waals surface area contributed by atoms with Crippen LogP contribution >= 0.6 is 0 Å². The number of fused-ring (bicyclic) bond motifs is 1. The second-order valence-corrected chi connectivity index (χ2v) is 5.73. The highest BCUT2D eigenvalue weighted by atomic mass is 16.3. The van der Waals surface area contributed by atoms with Gasteiger partial charge in [-0.25, -0.2) is 9.50 Å². The largest absolute Gasteiger partial charge is 0.393 e. The maximum Gasteiger partial charge on any atom is 0.293 e. The number of rotatable bonds is 2. The first-order valence-corrected chi connectivity index (χ1v) is 7.14. The van der Waals surface area contributed by atoms with Gasteiger partial charge in [0.2, 0.25) is 5.82 Å². The molecule has 1 N–H and O–H groups in total. The highest BCUT2D eigenvalue weighted by Crippen LogP contribution is 2.21. The predicted octanol–water partition coefficient (Wildman–Crippen LogP) is 0.584. The fraction of sp³-hybridized carbons (Fsp3) is 0.571. The van der Waals surface area contributed by atoms with Crippen LogP contribution in [0, 0.1) is 19.8 Å². The fourth-order valence-electron chi connectivity index (χ4n) is 2.76. The fourth-order valence-corrected chi connectivity index (χ4v) is 2.76.